The van der Waals surface area contributed by atoms with Gasteiger partial charge in [-0.15, -0.1) is 10.2 Å². The Hall–Kier alpha value is -2.64. The second-order valence-corrected chi connectivity index (χ2v) is 7.66. The Labute approximate surface area is 137 Å². The number of nitrogens with one attached hydrogen (secondary N) is 1. The first-order chi connectivity index (χ1) is 11.6. The van der Waals surface area contributed by atoms with Crippen LogP contribution in [-0.4, -0.2) is 56.9 Å². The summed E-state index contributed by atoms with van der Waals surface area (Å²) < 4.78 is 25.5. The van der Waals surface area contributed by atoms with Gasteiger partial charge in [0.2, 0.25) is 10.0 Å². The topological polar surface area (TPSA) is 129 Å². The molecule has 0 radical (unpaired) electrons. The molecule has 0 aromatic carbocycles. The van der Waals surface area contributed by atoms with Crippen LogP contribution >= 0.6 is 0 Å². The normalized spacial score (nSPS) is 19.0. The van der Waals surface area contributed by atoms with E-state index in [0.717, 1.165) is 16.5 Å². The molecule has 1 saturated heterocycles. The van der Waals surface area contributed by atoms with Crippen LogP contribution in [0.4, 0.5) is 0 Å². The maximum absolute atomic E-state index is 12.1. The summed E-state index contributed by atoms with van der Waals surface area (Å²) in [5, 5.41) is 26.9. The Kier molecular flexibility index (Phi) is 3.40. The van der Waals surface area contributed by atoms with Crippen molar-refractivity contribution < 1.29 is 8.42 Å². The van der Waals surface area contributed by atoms with Gasteiger partial charge < -0.3 is 4.98 Å². The van der Waals surface area contributed by atoms with Crippen LogP contribution in [-0.2, 0) is 10.0 Å². The van der Waals surface area contributed by atoms with Gasteiger partial charge in [0.25, 0.3) is 0 Å². The quantitative estimate of drug-likeness (QED) is 0.735. The third-order valence-corrected chi connectivity index (χ3v) is 5.90. The van der Waals surface area contributed by atoms with Crippen LogP contribution < -0.4 is 0 Å². The predicted molar refractivity (Wildman–Crippen MR) is 85.3 cm³/mol. The van der Waals surface area contributed by atoms with Gasteiger partial charge in [-0.3, -0.25) is 0 Å². The van der Waals surface area contributed by atoms with Crippen LogP contribution in [0.3, 0.4) is 0 Å². The highest BCUT2D eigenvalue weighted by atomic mass is 32.2. The summed E-state index contributed by atoms with van der Waals surface area (Å²) in [7, 11) is -3.55. The SMILES string of the molecule is N#CCS(=O)(=O)N1CCC(c2nncc3nnc4[nH]ccc4c23)C1. The number of aromatic amines is 1. The summed E-state index contributed by atoms with van der Waals surface area (Å²) in [5.41, 5.74) is 2.01. The molecule has 10 heteroatoms. The van der Waals surface area contributed by atoms with Gasteiger partial charge in [0.05, 0.1) is 18.0 Å². The first kappa shape index (κ1) is 14.9. The summed E-state index contributed by atoms with van der Waals surface area (Å²) in [4.78, 5) is 3.02. The molecule has 1 atom stereocenters. The van der Waals surface area contributed by atoms with Gasteiger partial charge in [0, 0.05) is 36.0 Å². The maximum atomic E-state index is 12.1. The van der Waals surface area contributed by atoms with Crippen molar-refractivity contribution in [3.63, 3.8) is 0 Å². The molecule has 4 rings (SSSR count). The molecular formula is C14H13N7O2S. The van der Waals surface area contributed by atoms with E-state index in [-0.39, 0.29) is 5.92 Å². The number of hydrogen-bond donors (Lipinski definition) is 1. The third kappa shape index (κ3) is 2.29. The standard InChI is InChI=1S/C14H13N7O2S/c15-3-6-24(22,23)21-5-2-9(8-21)13-12-10-1-4-16-14(10)20-18-11(12)7-17-19-13/h1,4,7,9H,2,5-6,8H2,(H,16,20). The van der Waals surface area contributed by atoms with E-state index in [9.17, 15) is 8.42 Å². The molecule has 1 aliphatic rings. The predicted octanol–water partition coefficient (Wildman–Crippen LogP) is 0.544. The van der Waals surface area contributed by atoms with Crippen molar-refractivity contribution in [2.45, 2.75) is 12.3 Å². The Morgan fingerprint density at radius 1 is 1.38 bits per heavy atom. The van der Waals surface area contributed by atoms with E-state index in [1.807, 2.05) is 6.07 Å². The van der Waals surface area contributed by atoms with Crippen LogP contribution in [0.2, 0.25) is 0 Å². The first-order valence-corrected chi connectivity index (χ1v) is 9.01. The van der Waals surface area contributed by atoms with Gasteiger partial charge >= 0.3 is 0 Å². The molecule has 1 unspecified atom stereocenters. The van der Waals surface area contributed by atoms with Crippen LogP contribution in [0.15, 0.2) is 18.5 Å². The average Bonchev–Trinajstić information content (AvgIpc) is 3.23. The van der Waals surface area contributed by atoms with Crippen molar-refractivity contribution in [1.82, 2.24) is 29.7 Å². The van der Waals surface area contributed by atoms with E-state index in [0.29, 0.717) is 30.7 Å². The molecule has 0 amide bonds. The van der Waals surface area contributed by atoms with Crippen molar-refractivity contribution >= 4 is 32.0 Å². The number of hydrogen-bond acceptors (Lipinski definition) is 7. The average molecular weight is 343 g/mol. The monoisotopic (exact) mass is 343 g/mol. The lowest BCUT2D eigenvalue weighted by Crippen LogP contribution is -2.30. The summed E-state index contributed by atoms with van der Waals surface area (Å²) in [5.74, 6) is -0.592. The molecule has 0 bridgehead atoms. The first-order valence-electron chi connectivity index (χ1n) is 7.40. The Bertz CT molecular complexity index is 1070. The second-order valence-electron chi connectivity index (χ2n) is 5.69. The largest absolute Gasteiger partial charge is 0.345 e. The number of fused-ring (bicyclic) bond motifs is 3. The molecule has 4 heterocycles. The lowest BCUT2D eigenvalue weighted by atomic mass is 10.00. The van der Waals surface area contributed by atoms with E-state index < -0.39 is 15.8 Å². The minimum absolute atomic E-state index is 0.0861. The van der Waals surface area contributed by atoms with Crippen molar-refractivity contribution in [2.75, 3.05) is 18.8 Å². The summed E-state index contributed by atoms with van der Waals surface area (Å²) in [6.45, 7) is 0.674. The molecule has 0 aliphatic carbocycles. The zero-order chi connectivity index (χ0) is 16.7. The Morgan fingerprint density at radius 3 is 3.08 bits per heavy atom. The number of nitrogens with zero attached hydrogens (tertiary/aromatic N) is 6. The fraction of sp³-hybridized carbons (Fsp3) is 0.357. The van der Waals surface area contributed by atoms with Crippen molar-refractivity contribution in [3.8, 4) is 6.07 Å². The molecule has 0 saturated carbocycles. The molecule has 1 fully saturated rings. The van der Waals surface area contributed by atoms with E-state index in [1.165, 1.54) is 4.31 Å². The van der Waals surface area contributed by atoms with Gasteiger partial charge in [-0.05, 0) is 12.5 Å². The number of rotatable bonds is 3. The highest BCUT2D eigenvalue weighted by Crippen LogP contribution is 2.33. The number of sulfonamides is 1. The lowest BCUT2D eigenvalue weighted by Gasteiger charge is -2.15. The van der Waals surface area contributed by atoms with Crippen molar-refractivity contribution in [3.05, 3.63) is 24.2 Å². The van der Waals surface area contributed by atoms with E-state index in [2.05, 4.69) is 25.4 Å². The van der Waals surface area contributed by atoms with Crippen molar-refractivity contribution in [1.29, 1.82) is 5.26 Å². The number of aromatic nitrogens is 5. The zero-order valence-electron chi connectivity index (χ0n) is 12.5. The number of nitriles is 1. The molecule has 1 N–H and O–H groups in total. The lowest BCUT2D eigenvalue weighted by molar-refractivity contribution is 0.475. The highest BCUT2D eigenvalue weighted by Gasteiger charge is 2.34. The molecule has 0 spiro atoms. The van der Waals surface area contributed by atoms with Crippen LogP contribution in [0.5, 0.6) is 0 Å². The Balaban J connectivity index is 1.78. The van der Waals surface area contributed by atoms with Crippen LogP contribution in [0.25, 0.3) is 21.9 Å². The summed E-state index contributed by atoms with van der Waals surface area (Å²) in [6, 6.07) is 3.61. The minimum atomic E-state index is -3.55. The molecule has 9 nitrogen and oxygen atoms in total. The van der Waals surface area contributed by atoms with Gasteiger partial charge in [0.15, 0.2) is 11.4 Å². The molecule has 24 heavy (non-hydrogen) atoms. The Morgan fingerprint density at radius 2 is 2.25 bits per heavy atom. The van der Waals surface area contributed by atoms with Gasteiger partial charge in [-0.2, -0.15) is 15.5 Å². The molecular weight excluding hydrogens is 330 g/mol. The minimum Gasteiger partial charge on any atom is -0.345 e. The van der Waals surface area contributed by atoms with Gasteiger partial charge in [0.1, 0.15) is 5.52 Å². The number of H-pyrrole nitrogens is 1. The van der Waals surface area contributed by atoms with Gasteiger partial charge in [-0.1, -0.05) is 0 Å². The van der Waals surface area contributed by atoms with Crippen molar-refractivity contribution in [2.24, 2.45) is 0 Å². The maximum Gasteiger partial charge on any atom is 0.227 e. The van der Waals surface area contributed by atoms with Gasteiger partial charge in [-0.25, -0.2) is 12.7 Å². The molecule has 3 aromatic heterocycles. The highest BCUT2D eigenvalue weighted by molar-refractivity contribution is 7.89. The van der Waals surface area contributed by atoms with Crippen LogP contribution in [0.1, 0.15) is 18.0 Å². The summed E-state index contributed by atoms with van der Waals surface area (Å²) >= 11 is 0. The smallest absolute Gasteiger partial charge is 0.227 e. The summed E-state index contributed by atoms with van der Waals surface area (Å²) in [6.07, 6.45) is 3.96. The molecule has 1 aliphatic heterocycles. The molecule has 3 aromatic rings. The van der Waals surface area contributed by atoms with E-state index in [1.54, 1.807) is 18.5 Å². The van der Waals surface area contributed by atoms with E-state index in [4.69, 9.17) is 5.26 Å². The molecule has 122 valence electrons. The zero-order valence-corrected chi connectivity index (χ0v) is 13.4. The van der Waals surface area contributed by atoms with Crippen LogP contribution in [0, 0.1) is 11.3 Å². The fourth-order valence-corrected chi connectivity index (χ4v) is 4.29. The second kappa shape index (κ2) is 5.47. The van der Waals surface area contributed by atoms with E-state index >= 15 is 0 Å². The fourth-order valence-electron chi connectivity index (χ4n) is 3.15. The third-order valence-electron chi connectivity index (χ3n) is 4.29.